The van der Waals surface area contributed by atoms with Crippen molar-refractivity contribution >= 4 is 62.2 Å². The van der Waals surface area contributed by atoms with Gasteiger partial charge < -0.3 is 9.29 Å². The Hall–Kier alpha value is -2.11. The number of carbonyl (C=O) groups excluding carboxylic acids is 1. The maximum atomic E-state index is 12.1. The Kier molecular flexibility index (Phi) is 5.25. The van der Waals surface area contributed by atoms with Crippen molar-refractivity contribution in [3.63, 3.8) is 0 Å². The number of esters is 1. The monoisotopic (exact) mass is 468 g/mol. The predicted molar refractivity (Wildman–Crippen MR) is 101 cm³/mol. The Bertz CT molecular complexity index is 977. The maximum absolute atomic E-state index is 12.1. The summed E-state index contributed by atoms with van der Waals surface area (Å²) in [6.07, 6.45) is 3.00. The van der Waals surface area contributed by atoms with Crippen LogP contribution in [0.4, 0.5) is 11.4 Å². The van der Waals surface area contributed by atoms with Crippen LogP contribution >= 0.6 is 22.6 Å². The molecular weight excluding hydrogens is 457 g/mol. The number of fused-ring (bicyclic) bond motifs is 1. The van der Waals surface area contributed by atoms with Gasteiger partial charge in [-0.15, -0.1) is 0 Å². The van der Waals surface area contributed by atoms with E-state index < -0.39 is 17.2 Å². The van der Waals surface area contributed by atoms with Crippen LogP contribution < -0.4 is 4.31 Å². The molecule has 0 amide bonds. The number of hydrogen-bond donors (Lipinski definition) is 0. The number of hydrogen-bond acceptors (Lipinski definition) is 6. The normalized spacial score (nSPS) is 12.0. The van der Waals surface area contributed by atoms with E-state index in [0.717, 1.165) is 7.88 Å². The van der Waals surface area contributed by atoms with Crippen LogP contribution in [0.25, 0.3) is 11.0 Å². The summed E-state index contributed by atoms with van der Waals surface area (Å²) in [7, 11) is 1.24. The molecule has 1 atom stereocenters. The molecule has 0 saturated heterocycles. The quantitative estimate of drug-likeness (QED) is 0.332. The van der Waals surface area contributed by atoms with E-state index in [-0.39, 0.29) is 11.3 Å². The Balaban J connectivity index is 2.29. The van der Waals surface area contributed by atoms with Crippen molar-refractivity contribution in [2.75, 3.05) is 11.4 Å². The smallest absolute Gasteiger partial charge is 0.340 e. The Labute approximate surface area is 159 Å². The van der Waals surface area contributed by atoms with Crippen molar-refractivity contribution in [2.45, 2.75) is 0 Å². The summed E-state index contributed by atoms with van der Waals surface area (Å²) >= 11 is -0.650. The molecule has 0 spiro atoms. The summed E-state index contributed by atoms with van der Waals surface area (Å²) in [5, 5.41) is 0. The minimum absolute atomic E-state index is 0.132. The van der Waals surface area contributed by atoms with Gasteiger partial charge in [-0.2, -0.15) is 0 Å². The Morgan fingerprint density at radius 2 is 1.96 bits per heavy atom. The molecule has 0 saturated carbocycles. The molecule has 0 bridgehead atoms. The number of methoxy groups -OCH3 is 1. The summed E-state index contributed by atoms with van der Waals surface area (Å²) in [6.45, 7) is 0. The average Bonchev–Trinajstić information content (AvgIpc) is 2.61. The molecule has 0 aliphatic carbocycles. The molecule has 0 N–H and O–H groups in total. The van der Waals surface area contributed by atoms with Gasteiger partial charge in [-0.1, -0.05) is 6.07 Å². The standard InChI is InChI=1S/C16H12IN3O4S/c1-24-16(21)11-6-5-10(17)9-14(11)20(25(22)23)13-4-2-3-12-15(13)19-8-7-18-12/h2-9H,1H3,(H,22,23)/p-1. The van der Waals surface area contributed by atoms with Crippen LogP contribution in [0.1, 0.15) is 10.4 Å². The Morgan fingerprint density at radius 1 is 1.20 bits per heavy atom. The molecule has 3 rings (SSSR count). The highest BCUT2D eigenvalue weighted by atomic mass is 127. The molecule has 1 heterocycles. The minimum atomic E-state index is -2.69. The number of aromatic nitrogens is 2. The van der Waals surface area contributed by atoms with Crippen LogP contribution in [0.5, 0.6) is 0 Å². The van der Waals surface area contributed by atoms with Crippen LogP contribution in [0, 0.1) is 3.57 Å². The van der Waals surface area contributed by atoms with Crippen molar-refractivity contribution in [3.05, 3.63) is 57.9 Å². The lowest BCUT2D eigenvalue weighted by Crippen LogP contribution is -2.23. The molecule has 0 aliphatic rings. The fraction of sp³-hybridized carbons (Fsp3) is 0.0625. The third kappa shape index (κ3) is 3.48. The first-order chi connectivity index (χ1) is 12.0. The summed E-state index contributed by atoms with van der Waals surface area (Å²) in [6, 6.07) is 9.84. The molecule has 25 heavy (non-hydrogen) atoms. The first-order valence-electron chi connectivity index (χ1n) is 7.00. The van der Waals surface area contributed by atoms with Gasteiger partial charge in [0.15, 0.2) is 0 Å². The molecule has 7 nitrogen and oxygen atoms in total. The number of carbonyl (C=O) groups is 1. The van der Waals surface area contributed by atoms with Crippen LogP contribution in [-0.2, 0) is 16.0 Å². The molecule has 2 aromatic carbocycles. The van der Waals surface area contributed by atoms with Gasteiger partial charge in [0.1, 0.15) is 5.52 Å². The fourth-order valence-corrected chi connectivity index (χ4v) is 3.48. The summed E-state index contributed by atoms with van der Waals surface area (Å²) < 4.78 is 30.6. The zero-order valence-corrected chi connectivity index (χ0v) is 15.9. The third-order valence-corrected chi connectivity index (χ3v) is 4.79. The number of anilines is 2. The SMILES string of the molecule is COC(=O)c1ccc(I)cc1N(c1cccc2nccnc12)S(=O)[O-]. The number of halogens is 1. The number of benzene rings is 2. The van der Waals surface area contributed by atoms with E-state index in [4.69, 9.17) is 4.74 Å². The van der Waals surface area contributed by atoms with Crippen molar-refractivity contribution in [3.8, 4) is 0 Å². The zero-order chi connectivity index (χ0) is 18.0. The highest BCUT2D eigenvalue weighted by Gasteiger charge is 2.22. The maximum Gasteiger partial charge on any atom is 0.340 e. The highest BCUT2D eigenvalue weighted by Crippen LogP contribution is 2.35. The Morgan fingerprint density at radius 3 is 2.68 bits per heavy atom. The van der Waals surface area contributed by atoms with Gasteiger partial charge >= 0.3 is 5.97 Å². The van der Waals surface area contributed by atoms with E-state index in [1.54, 1.807) is 30.3 Å². The number of para-hydroxylation sites is 1. The second-order valence-electron chi connectivity index (χ2n) is 4.87. The lowest BCUT2D eigenvalue weighted by Gasteiger charge is -2.28. The summed E-state index contributed by atoms with van der Waals surface area (Å²) in [5.74, 6) is -0.631. The lowest BCUT2D eigenvalue weighted by atomic mass is 10.1. The molecule has 1 unspecified atom stereocenters. The topological polar surface area (TPSA) is 95.5 Å². The highest BCUT2D eigenvalue weighted by molar-refractivity contribution is 14.1. The molecule has 0 radical (unpaired) electrons. The van der Waals surface area contributed by atoms with E-state index in [1.165, 1.54) is 25.6 Å². The summed E-state index contributed by atoms with van der Waals surface area (Å²) in [5.41, 5.74) is 1.56. The van der Waals surface area contributed by atoms with E-state index in [1.807, 2.05) is 22.6 Å². The molecule has 128 valence electrons. The van der Waals surface area contributed by atoms with Gasteiger partial charge in [0.05, 0.1) is 40.8 Å². The predicted octanol–water partition coefficient (Wildman–Crippen LogP) is 2.95. The summed E-state index contributed by atoms with van der Waals surface area (Å²) in [4.78, 5) is 20.5. The van der Waals surface area contributed by atoms with Crippen molar-refractivity contribution in [1.29, 1.82) is 0 Å². The van der Waals surface area contributed by atoms with Crippen LogP contribution in [0.15, 0.2) is 48.8 Å². The van der Waals surface area contributed by atoms with Gasteiger partial charge in [-0.05, 0) is 52.9 Å². The zero-order valence-electron chi connectivity index (χ0n) is 12.9. The van der Waals surface area contributed by atoms with Crippen molar-refractivity contribution in [2.24, 2.45) is 0 Å². The van der Waals surface area contributed by atoms with Gasteiger partial charge in [-0.25, -0.2) is 4.79 Å². The van der Waals surface area contributed by atoms with Crippen LogP contribution in [-0.4, -0.2) is 31.8 Å². The van der Waals surface area contributed by atoms with E-state index in [9.17, 15) is 13.6 Å². The average molecular weight is 468 g/mol. The van der Waals surface area contributed by atoms with Gasteiger partial charge in [0, 0.05) is 16.0 Å². The van der Waals surface area contributed by atoms with Gasteiger partial charge in [0.25, 0.3) is 0 Å². The molecular formula is C16H11IN3O4S-. The third-order valence-electron chi connectivity index (χ3n) is 3.43. The second-order valence-corrected chi connectivity index (χ2v) is 6.91. The molecule has 0 fully saturated rings. The largest absolute Gasteiger partial charge is 0.755 e. The molecule has 9 heteroatoms. The van der Waals surface area contributed by atoms with Crippen LogP contribution in [0.3, 0.4) is 0 Å². The van der Waals surface area contributed by atoms with E-state index >= 15 is 0 Å². The van der Waals surface area contributed by atoms with Crippen molar-refractivity contribution < 1.29 is 18.3 Å². The van der Waals surface area contributed by atoms with Gasteiger partial charge in [-0.3, -0.25) is 18.5 Å². The molecule has 1 aromatic heterocycles. The van der Waals surface area contributed by atoms with Crippen LogP contribution in [0.2, 0.25) is 0 Å². The molecule has 3 aromatic rings. The number of rotatable bonds is 4. The lowest BCUT2D eigenvalue weighted by molar-refractivity contribution is 0.0601. The number of ether oxygens (including phenoxy) is 1. The minimum Gasteiger partial charge on any atom is -0.755 e. The van der Waals surface area contributed by atoms with Crippen molar-refractivity contribution in [1.82, 2.24) is 9.97 Å². The first kappa shape index (κ1) is 17.7. The van der Waals surface area contributed by atoms with Gasteiger partial charge in [0.2, 0.25) is 0 Å². The number of nitrogens with zero attached hydrogens (tertiary/aromatic N) is 3. The van der Waals surface area contributed by atoms with E-state index in [0.29, 0.717) is 16.7 Å². The molecule has 0 aliphatic heterocycles. The van der Waals surface area contributed by atoms with E-state index in [2.05, 4.69) is 9.97 Å². The second kappa shape index (κ2) is 7.42. The fourth-order valence-electron chi connectivity index (χ4n) is 2.39. The first-order valence-corrected chi connectivity index (χ1v) is 9.11.